The zero-order valence-electron chi connectivity index (χ0n) is 7.47. The minimum atomic E-state index is 0. The van der Waals surface area contributed by atoms with Crippen LogP contribution in [0.3, 0.4) is 0 Å². The third-order valence-corrected chi connectivity index (χ3v) is 1.80. The van der Waals surface area contributed by atoms with Crippen molar-refractivity contribution in [1.29, 1.82) is 0 Å². The van der Waals surface area contributed by atoms with Crippen molar-refractivity contribution in [2.24, 2.45) is 5.28 Å². The molecule has 1 N–H and O–H groups in total. The summed E-state index contributed by atoms with van der Waals surface area (Å²) in [5.41, 5.74) is 0. The van der Waals surface area contributed by atoms with Gasteiger partial charge in [0.15, 0.2) is 0 Å². The van der Waals surface area contributed by atoms with Gasteiger partial charge in [0.25, 0.3) is 0 Å². The van der Waals surface area contributed by atoms with Crippen LogP contribution in [0.25, 0.3) is 0 Å². The first kappa shape index (κ1) is 12.0. The number of hydrogen-bond acceptors (Lipinski definition) is 3. The fourth-order valence-electron chi connectivity index (χ4n) is 1.02. The Kier molecular flexibility index (Phi) is 5.56. The van der Waals surface area contributed by atoms with Crippen molar-refractivity contribution in [1.82, 2.24) is 9.91 Å². The molecule has 1 rings (SSSR count). The minimum Gasteiger partial charge on any atom is -0.569 e. The number of likely N-dealkylation sites (N-methyl/N-ethyl adjacent to an activating group) is 1. The monoisotopic (exact) mass is 183 g/mol. The van der Waals surface area contributed by atoms with Crippen molar-refractivity contribution in [3.05, 3.63) is 5.21 Å². The smallest absolute Gasteiger partial charge is 0.569 e. The van der Waals surface area contributed by atoms with Crippen molar-refractivity contribution in [2.45, 2.75) is 0 Å². The van der Waals surface area contributed by atoms with Gasteiger partial charge in [-0.3, -0.25) is 0 Å². The number of nitrogens with zero attached hydrogens (tertiary/aromatic N) is 4. The van der Waals surface area contributed by atoms with E-state index in [2.05, 4.69) is 10.2 Å². The quantitative estimate of drug-likeness (QED) is 0.198. The standard InChI is InChI=1S/C5H12N4O2.Na/c1-7-2-4-8(5-3-7)9(11)6-10;/h10H,2-5H2,1H3;/q;+1. The molecule has 64 valence electrons. The predicted octanol–water partition coefficient (Wildman–Crippen LogP) is -3.50. The second-order valence-electron chi connectivity index (χ2n) is 2.60. The van der Waals surface area contributed by atoms with Crippen molar-refractivity contribution in [2.75, 3.05) is 33.2 Å². The Morgan fingerprint density at radius 3 is 2.25 bits per heavy atom. The van der Waals surface area contributed by atoms with E-state index in [1.165, 1.54) is 5.01 Å². The van der Waals surface area contributed by atoms with Gasteiger partial charge in [0.05, 0.1) is 18.1 Å². The largest absolute Gasteiger partial charge is 1.00 e. The Labute approximate surface area is 93.2 Å². The van der Waals surface area contributed by atoms with Crippen LogP contribution < -0.4 is 29.6 Å². The summed E-state index contributed by atoms with van der Waals surface area (Å²) >= 11 is 0. The van der Waals surface area contributed by atoms with Gasteiger partial charge in [-0.2, -0.15) is 0 Å². The molecular weight excluding hydrogens is 171 g/mol. The summed E-state index contributed by atoms with van der Waals surface area (Å²) in [7, 11) is 1.99. The van der Waals surface area contributed by atoms with Crippen LogP contribution in [0.4, 0.5) is 0 Å². The SMILES string of the molecule is CN1CCN([N+]([O-])=NO)CC1.[Na+]. The third kappa shape index (κ3) is 3.14. The average molecular weight is 183 g/mol. The van der Waals surface area contributed by atoms with Crippen molar-refractivity contribution >= 4 is 0 Å². The first-order valence-corrected chi connectivity index (χ1v) is 3.49. The van der Waals surface area contributed by atoms with Gasteiger partial charge in [0.2, 0.25) is 5.28 Å². The van der Waals surface area contributed by atoms with Gasteiger partial charge in [0.1, 0.15) is 0 Å². The Morgan fingerprint density at radius 1 is 1.33 bits per heavy atom. The summed E-state index contributed by atoms with van der Waals surface area (Å²) in [5, 5.41) is 22.8. The summed E-state index contributed by atoms with van der Waals surface area (Å²) in [5.74, 6) is 0. The van der Waals surface area contributed by atoms with Crippen molar-refractivity contribution in [3.63, 3.8) is 0 Å². The molecule has 0 aromatic carbocycles. The topological polar surface area (TPSA) is 65.1 Å². The molecule has 1 aliphatic heterocycles. The summed E-state index contributed by atoms with van der Waals surface area (Å²) in [4.78, 5) is 2.34. The normalized spacial score (nSPS) is 20.4. The molecule has 0 atom stereocenters. The zero-order valence-corrected chi connectivity index (χ0v) is 9.47. The fraction of sp³-hybridized carbons (Fsp3) is 1.00. The molecule has 0 saturated carbocycles. The molecule has 0 amide bonds. The number of rotatable bonds is 1. The van der Waals surface area contributed by atoms with E-state index < -0.39 is 0 Å². The van der Waals surface area contributed by atoms with E-state index in [1.807, 2.05) is 7.05 Å². The predicted molar refractivity (Wildman–Crippen MR) is 36.9 cm³/mol. The summed E-state index contributed by atoms with van der Waals surface area (Å²) in [6.45, 7) is 2.89. The van der Waals surface area contributed by atoms with E-state index in [0.29, 0.717) is 13.1 Å². The Hall–Kier alpha value is -0.0400. The van der Waals surface area contributed by atoms with Crippen LogP contribution in [0.5, 0.6) is 0 Å². The molecule has 0 aromatic rings. The maximum atomic E-state index is 10.7. The molecule has 0 spiro atoms. The van der Waals surface area contributed by atoms with Crippen LogP contribution in [0.15, 0.2) is 5.28 Å². The maximum absolute atomic E-state index is 10.7. The van der Waals surface area contributed by atoms with Crippen LogP contribution in [-0.4, -0.2) is 53.3 Å². The maximum Gasteiger partial charge on any atom is 1.00 e. The Balaban J connectivity index is 0.00000121. The number of hydrogen-bond donors (Lipinski definition) is 1. The van der Waals surface area contributed by atoms with E-state index in [0.717, 1.165) is 13.1 Å². The van der Waals surface area contributed by atoms with Gasteiger partial charge < -0.3 is 15.3 Å². The molecule has 6 nitrogen and oxygen atoms in total. The molecule has 0 aromatic heterocycles. The van der Waals surface area contributed by atoms with Crippen LogP contribution in [0.2, 0.25) is 0 Å². The molecule has 1 heterocycles. The van der Waals surface area contributed by atoms with Gasteiger partial charge >= 0.3 is 29.6 Å². The van der Waals surface area contributed by atoms with Gasteiger partial charge in [-0.25, -0.2) is 0 Å². The molecule has 0 bridgehead atoms. The minimum absolute atomic E-state index is 0. The van der Waals surface area contributed by atoms with Gasteiger partial charge in [0, 0.05) is 13.1 Å². The molecule has 1 saturated heterocycles. The van der Waals surface area contributed by atoms with E-state index in [1.54, 1.807) is 0 Å². The van der Waals surface area contributed by atoms with Crippen LogP contribution in [-0.2, 0) is 0 Å². The van der Waals surface area contributed by atoms with Crippen LogP contribution in [0, 0.1) is 5.21 Å². The second-order valence-corrected chi connectivity index (χ2v) is 2.60. The summed E-state index contributed by atoms with van der Waals surface area (Å²) in [6, 6.07) is 0. The fourth-order valence-corrected chi connectivity index (χ4v) is 1.02. The Morgan fingerprint density at radius 2 is 1.83 bits per heavy atom. The molecule has 7 heteroatoms. The van der Waals surface area contributed by atoms with Gasteiger partial charge in [-0.05, 0) is 7.05 Å². The van der Waals surface area contributed by atoms with Gasteiger partial charge in [-0.1, -0.05) is 0 Å². The van der Waals surface area contributed by atoms with Gasteiger partial charge in [-0.15, -0.1) is 5.01 Å². The summed E-state index contributed by atoms with van der Waals surface area (Å²) in [6.07, 6.45) is 0. The molecule has 12 heavy (non-hydrogen) atoms. The number of piperazine rings is 1. The first-order chi connectivity index (χ1) is 5.24. The average Bonchev–Trinajstić information content (AvgIpc) is 2.05. The molecule has 0 unspecified atom stereocenters. The molecule has 0 radical (unpaired) electrons. The van der Waals surface area contributed by atoms with Crippen LogP contribution >= 0.6 is 0 Å². The number of hydrazine groups is 1. The molecule has 0 aliphatic carbocycles. The van der Waals surface area contributed by atoms with E-state index in [9.17, 15) is 5.21 Å². The third-order valence-electron chi connectivity index (χ3n) is 1.80. The Bertz CT molecular complexity index is 158. The van der Waals surface area contributed by atoms with E-state index in [4.69, 9.17) is 5.21 Å². The molecule has 1 fully saturated rings. The van der Waals surface area contributed by atoms with Crippen molar-refractivity contribution < 1.29 is 39.7 Å². The van der Waals surface area contributed by atoms with Crippen LogP contribution in [0.1, 0.15) is 0 Å². The van der Waals surface area contributed by atoms with Crippen molar-refractivity contribution in [3.8, 4) is 0 Å². The molecule has 1 aliphatic rings. The molecular formula is C5H12N4NaO2+. The zero-order chi connectivity index (χ0) is 8.27. The summed E-state index contributed by atoms with van der Waals surface area (Å²) < 4.78 is 0. The van der Waals surface area contributed by atoms with E-state index in [-0.39, 0.29) is 34.5 Å². The first-order valence-electron chi connectivity index (χ1n) is 3.49. The van der Waals surface area contributed by atoms with E-state index >= 15 is 0 Å². The second kappa shape index (κ2) is 5.58.